The van der Waals surface area contributed by atoms with Crippen LogP contribution in [0.2, 0.25) is 0 Å². The third-order valence-electron chi connectivity index (χ3n) is 4.65. The molecule has 2 aromatic rings. The third kappa shape index (κ3) is 5.06. The molecule has 1 N–H and O–H groups in total. The summed E-state index contributed by atoms with van der Waals surface area (Å²) in [5.74, 6) is 0.669. The Morgan fingerprint density at radius 3 is 2.64 bits per heavy atom. The second-order valence-corrected chi connectivity index (χ2v) is 7.34. The van der Waals surface area contributed by atoms with Crippen molar-refractivity contribution >= 4 is 17.2 Å². The SMILES string of the molecule is CCc1ccc(OCC(=O)NC[C@H](c2cccs2)N2CCCC2)cc1. The maximum Gasteiger partial charge on any atom is 0.258 e. The van der Waals surface area contributed by atoms with Crippen molar-refractivity contribution < 1.29 is 9.53 Å². The fourth-order valence-electron chi connectivity index (χ4n) is 3.18. The first-order valence-electron chi connectivity index (χ1n) is 9.02. The summed E-state index contributed by atoms with van der Waals surface area (Å²) in [7, 11) is 0. The van der Waals surface area contributed by atoms with Crippen molar-refractivity contribution in [1.29, 1.82) is 0 Å². The fraction of sp³-hybridized carbons (Fsp3) is 0.450. The van der Waals surface area contributed by atoms with Gasteiger partial charge in [-0.15, -0.1) is 11.3 Å². The molecule has 2 heterocycles. The van der Waals surface area contributed by atoms with Crippen molar-refractivity contribution in [1.82, 2.24) is 10.2 Å². The molecule has 1 aromatic carbocycles. The van der Waals surface area contributed by atoms with Crippen LogP contribution in [0.1, 0.15) is 36.2 Å². The molecule has 4 nitrogen and oxygen atoms in total. The molecule has 1 amide bonds. The van der Waals surface area contributed by atoms with Gasteiger partial charge in [0.15, 0.2) is 6.61 Å². The van der Waals surface area contributed by atoms with Crippen LogP contribution in [0, 0.1) is 0 Å². The van der Waals surface area contributed by atoms with Crippen LogP contribution in [-0.2, 0) is 11.2 Å². The fourth-order valence-corrected chi connectivity index (χ4v) is 4.04. The van der Waals surface area contributed by atoms with Crippen LogP contribution in [-0.4, -0.2) is 37.0 Å². The lowest BCUT2D eigenvalue weighted by Crippen LogP contribution is -2.38. The zero-order valence-corrected chi connectivity index (χ0v) is 15.6. The first-order valence-corrected chi connectivity index (χ1v) is 9.90. The molecule has 134 valence electrons. The Bertz CT molecular complexity index is 649. The van der Waals surface area contributed by atoms with E-state index < -0.39 is 0 Å². The topological polar surface area (TPSA) is 41.6 Å². The lowest BCUT2D eigenvalue weighted by atomic mass is 10.2. The predicted molar refractivity (Wildman–Crippen MR) is 102 cm³/mol. The zero-order valence-electron chi connectivity index (χ0n) is 14.7. The van der Waals surface area contributed by atoms with Crippen LogP contribution in [0.5, 0.6) is 5.75 Å². The van der Waals surface area contributed by atoms with Crippen LogP contribution in [0.4, 0.5) is 0 Å². The van der Waals surface area contributed by atoms with Crippen LogP contribution in [0.3, 0.4) is 0 Å². The van der Waals surface area contributed by atoms with Crippen LogP contribution in [0.15, 0.2) is 41.8 Å². The molecule has 1 fully saturated rings. The molecule has 3 rings (SSSR count). The quantitative estimate of drug-likeness (QED) is 0.783. The number of thiophene rings is 1. The highest BCUT2D eigenvalue weighted by Crippen LogP contribution is 2.27. The maximum atomic E-state index is 12.2. The molecule has 0 bridgehead atoms. The van der Waals surface area contributed by atoms with Gasteiger partial charge in [0, 0.05) is 11.4 Å². The molecule has 1 aliphatic rings. The Kier molecular flexibility index (Phi) is 6.48. The van der Waals surface area contributed by atoms with E-state index in [1.54, 1.807) is 11.3 Å². The van der Waals surface area contributed by atoms with Crippen molar-refractivity contribution in [3.63, 3.8) is 0 Å². The Morgan fingerprint density at radius 2 is 2.00 bits per heavy atom. The van der Waals surface area contributed by atoms with Gasteiger partial charge in [-0.05, 0) is 61.5 Å². The van der Waals surface area contributed by atoms with Gasteiger partial charge in [-0.3, -0.25) is 9.69 Å². The number of nitrogens with zero attached hydrogens (tertiary/aromatic N) is 1. The van der Waals surface area contributed by atoms with E-state index in [0.29, 0.717) is 6.54 Å². The Labute approximate surface area is 153 Å². The predicted octanol–water partition coefficient (Wildman–Crippen LogP) is 3.64. The molecule has 0 aliphatic carbocycles. The first kappa shape index (κ1) is 18.0. The third-order valence-corrected chi connectivity index (χ3v) is 5.62. The van der Waals surface area contributed by atoms with E-state index >= 15 is 0 Å². The van der Waals surface area contributed by atoms with Gasteiger partial charge in [0.2, 0.25) is 0 Å². The number of amides is 1. The highest BCUT2D eigenvalue weighted by molar-refractivity contribution is 7.10. The van der Waals surface area contributed by atoms with Crippen LogP contribution < -0.4 is 10.1 Å². The number of likely N-dealkylation sites (tertiary alicyclic amines) is 1. The highest BCUT2D eigenvalue weighted by Gasteiger charge is 2.24. The van der Waals surface area contributed by atoms with Crippen molar-refractivity contribution in [3.05, 3.63) is 52.2 Å². The van der Waals surface area contributed by atoms with Gasteiger partial charge < -0.3 is 10.1 Å². The molecule has 1 saturated heterocycles. The summed E-state index contributed by atoms with van der Waals surface area (Å²) in [4.78, 5) is 16.0. The normalized spacial score (nSPS) is 15.9. The Hall–Kier alpha value is -1.85. The van der Waals surface area contributed by atoms with E-state index in [4.69, 9.17) is 4.74 Å². The van der Waals surface area contributed by atoms with Crippen molar-refractivity contribution in [2.75, 3.05) is 26.2 Å². The molecule has 1 atom stereocenters. The number of carbonyl (C=O) groups excluding carboxylic acids is 1. The van der Waals surface area contributed by atoms with Crippen molar-refractivity contribution in [3.8, 4) is 5.75 Å². The van der Waals surface area contributed by atoms with Crippen LogP contribution in [0.25, 0.3) is 0 Å². The first-order chi connectivity index (χ1) is 12.3. The second-order valence-electron chi connectivity index (χ2n) is 6.36. The van der Waals surface area contributed by atoms with E-state index in [2.05, 4.69) is 34.7 Å². The number of carbonyl (C=O) groups is 1. The summed E-state index contributed by atoms with van der Waals surface area (Å²) < 4.78 is 5.59. The monoisotopic (exact) mass is 358 g/mol. The number of benzene rings is 1. The molecule has 0 unspecified atom stereocenters. The minimum absolute atomic E-state index is 0.0582. The van der Waals surface area contributed by atoms with Gasteiger partial charge in [-0.1, -0.05) is 25.1 Å². The molecule has 1 aromatic heterocycles. The zero-order chi connectivity index (χ0) is 17.5. The Balaban J connectivity index is 1.49. The van der Waals surface area contributed by atoms with Gasteiger partial charge >= 0.3 is 0 Å². The smallest absolute Gasteiger partial charge is 0.258 e. The molecule has 25 heavy (non-hydrogen) atoms. The van der Waals surface area contributed by atoms with Crippen LogP contribution >= 0.6 is 11.3 Å². The van der Waals surface area contributed by atoms with E-state index in [9.17, 15) is 4.79 Å². The number of nitrogens with one attached hydrogen (secondary N) is 1. The van der Waals surface area contributed by atoms with E-state index in [1.807, 2.05) is 24.3 Å². The number of hydrogen-bond acceptors (Lipinski definition) is 4. The lowest BCUT2D eigenvalue weighted by Gasteiger charge is -2.26. The summed E-state index contributed by atoms with van der Waals surface area (Å²) in [6.07, 6.45) is 3.49. The molecular weight excluding hydrogens is 332 g/mol. The van der Waals surface area contributed by atoms with Gasteiger partial charge in [-0.2, -0.15) is 0 Å². The molecule has 5 heteroatoms. The molecule has 0 radical (unpaired) electrons. The number of rotatable bonds is 8. The molecule has 1 aliphatic heterocycles. The van der Waals surface area contributed by atoms with Gasteiger partial charge in [0.25, 0.3) is 5.91 Å². The molecular formula is C20H26N2O2S. The summed E-state index contributed by atoms with van der Waals surface area (Å²) in [5.41, 5.74) is 1.27. The highest BCUT2D eigenvalue weighted by atomic mass is 32.1. The lowest BCUT2D eigenvalue weighted by molar-refractivity contribution is -0.123. The minimum Gasteiger partial charge on any atom is -0.484 e. The van der Waals surface area contributed by atoms with E-state index in [-0.39, 0.29) is 18.6 Å². The van der Waals surface area contributed by atoms with E-state index in [0.717, 1.165) is 25.3 Å². The van der Waals surface area contributed by atoms with Gasteiger partial charge in [0.05, 0.1) is 6.04 Å². The number of aryl methyl sites for hydroxylation is 1. The summed E-state index contributed by atoms with van der Waals surface area (Å²) in [6.45, 7) is 5.03. The van der Waals surface area contributed by atoms with Crippen molar-refractivity contribution in [2.45, 2.75) is 32.2 Å². The standard InChI is InChI=1S/C20H26N2O2S/c1-2-16-7-9-17(10-8-16)24-15-20(23)21-14-18(19-6-5-13-25-19)22-11-3-4-12-22/h5-10,13,18H,2-4,11-12,14-15H2,1H3,(H,21,23)/t18-/m1/s1. The second kappa shape index (κ2) is 9.02. The number of hydrogen-bond donors (Lipinski definition) is 1. The van der Waals surface area contributed by atoms with Gasteiger partial charge in [0.1, 0.15) is 5.75 Å². The van der Waals surface area contributed by atoms with E-state index in [1.165, 1.54) is 23.3 Å². The summed E-state index contributed by atoms with van der Waals surface area (Å²) in [6, 6.07) is 12.4. The summed E-state index contributed by atoms with van der Waals surface area (Å²) >= 11 is 1.76. The summed E-state index contributed by atoms with van der Waals surface area (Å²) in [5, 5.41) is 5.14. The van der Waals surface area contributed by atoms with Crippen molar-refractivity contribution in [2.24, 2.45) is 0 Å². The Morgan fingerprint density at radius 1 is 1.24 bits per heavy atom. The molecule has 0 spiro atoms. The largest absolute Gasteiger partial charge is 0.484 e. The average molecular weight is 359 g/mol. The average Bonchev–Trinajstić information content (AvgIpc) is 3.35. The van der Waals surface area contributed by atoms with Gasteiger partial charge in [-0.25, -0.2) is 0 Å². The molecule has 0 saturated carbocycles. The minimum atomic E-state index is -0.0691. The maximum absolute atomic E-state index is 12.2. The number of ether oxygens (including phenoxy) is 1.